The van der Waals surface area contributed by atoms with Crippen LogP contribution in [0.1, 0.15) is 58.3 Å². The topological polar surface area (TPSA) is 75.8 Å². The van der Waals surface area contributed by atoms with E-state index >= 15 is 0 Å². The molecular formula is C31H29N3O2. The molecule has 180 valence electrons. The molecule has 0 fully saturated rings. The first-order valence-corrected chi connectivity index (χ1v) is 12.3. The van der Waals surface area contributed by atoms with Gasteiger partial charge in [-0.1, -0.05) is 86.1 Å². The predicted molar refractivity (Wildman–Crippen MR) is 142 cm³/mol. The van der Waals surface area contributed by atoms with Crippen LogP contribution in [0, 0.1) is 18.3 Å². The van der Waals surface area contributed by atoms with Crippen LogP contribution in [0.15, 0.2) is 83.7 Å². The van der Waals surface area contributed by atoms with Crippen LogP contribution in [0.25, 0.3) is 11.1 Å². The average molecular weight is 476 g/mol. The lowest BCUT2D eigenvalue weighted by Crippen LogP contribution is -2.32. The molecule has 5 heteroatoms. The summed E-state index contributed by atoms with van der Waals surface area (Å²) in [4.78, 5) is 31.3. The molecule has 0 saturated carbocycles. The number of carbonyl (C=O) groups excluding carboxylic acids is 1. The fourth-order valence-electron chi connectivity index (χ4n) is 4.37. The van der Waals surface area contributed by atoms with Gasteiger partial charge in [-0.2, -0.15) is 5.26 Å². The van der Waals surface area contributed by atoms with Crippen molar-refractivity contribution >= 4 is 5.78 Å². The minimum absolute atomic E-state index is 0.0351. The highest BCUT2D eigenvalue weighted by Gasteiger charge is 2.18. The molecule has 0 saturated heterocycles. The second kappa shape index (κ2) is 11.4. The van der Waals surface area contributed by atoms with Crippen LogP contribution in [-0.4, -0.2) is 15.3 Å². The Morgan fingerprint density at radius 2 is 1.67 bits per heavy atom. The SMILES string of the molecule is CCCCc1nc(C)n(CC(=O)c2ccccc2)c(=O)c1Cc1ccc(-c2ccccc2C#N)cc1. The highest BCUT2D eigenvalue weighted by Crippen LogP contribution is 2.24. The number of aryl methyl sites for hydroxylation is 2. The fourth-order valence-corrected chi connectivity index (χ4v) is 4.37. The quantitative estimate of drug-likeness (QED) is 0.282. The first-order chi connectivity index (χ1) is 17.5. The van der Waals surface area contributed by atoms with E-state index in [9.17, 15) is 14.9 Å². The number of unbranched alkanes of at least 4 members (excludes halogenated alkanes) is 1. The van der Waals surface area contributed by atoms with Gasteiger partial charge < -0.3 is 0 Å². The Bertz CT molecular complexity index is 1460. The summed E-state index contributed by atoms with van der Waals surface area (Å²) < 4.78 is 1.50. The molecule has 0 atom stereocenters. The zero-order valence-electron chi connectivity index (χ0n) is 20.7. The van der Waals surface area contributed by atoms with E-state index in [0.29, 0.717) is 28.9 Å². The number of nitrogens with zero attached hydrogens (tertiary/aromatic N) is 3. The molecule has 0 bridgehead atoms. The molecule has 0 amide bonds. The van der Waals surface area contributed by atoms with Crippen LogP contribution >= 0.6 is 0 Å². The number of nitriles is 1. The Balaban J connectivity index is 1.67. The summed E-state index contributed by atoms with van der Waals surface area (Å²) in [5.41, 5.74) is 5.31. The van der Waals surface area contributed by atoms with Crippen molar-refractivity contribution in [3.05, 3.63) is 123 Å². The molecule has 5 nitrogen and oxygen atoms in total. The molecule has 0 spiro atoms. The smallest absolute Gasteiger partial charge is 0.257 e. The lowest BCUT2D eigenvalue weighted by molar-refractivity contribution is 0.0969. The van der Waals surface area contributed by atoms with Gasteiger partial charge in [0.15, 0.2) is 5.78 Å². The molecule has 36 heavy (non-hydrogen) atoms. The van der Waals surface area contributed by atoms with Gasteiger partial charge in [0.1, 0.15) is 5.82 Å². The Morgan fingerprint density at radius 3 is 2.36 bits per heavy atom. The molecule has 0 aliphatic carbocycles. The summed E-state index contributed by atoms with van der Waals surface area (Å²) in [5, 5.41) is 9.43. The van der Waals surface area contributed by atoms with Gasteiger partial charge in [0.25, 0.3) is 5.56 Å². The van der Waals surface area contributed by atoms with Crippen molar-refractivity contribution in [2.45, 2.75) is 46.1 Å². The second-order valence-electron chi connectivity index (χ2n) is 8.90. The zero-order chi connectivity index (χ0) is 25.5. The normalized spacial score (nSPS) is 10.7. The number of aromatic nitrogens is 2. The molecule has 1 aromatic heterocycles. The van der Waals surface area contributed by atoms with E-state index in [4.69, 9.17) is 4.98 Å². The summed E-state index contributed by atoms with van der Waals surface area (Å²) in [6.07, 6.45) is 3.10. The van der Waals surface area contributed by atoms with E-state index < -0.39 is 0 Å². The summed E-state index contributed by atoms with van der Waals surface area (Å²) in [6, 6.07) is 26.7. The van der Waals surface area contributed by atoms with Gasteiger partial charge in [0.05, 0.1) is 23.9 Å². The largest absolute Gasteiger partial charge is 0.292 e. The van der Waals surface area contributed by atoms with Gasteiger partial charge in [-0.25, -0.2) is 4.98 Å². The van der Waals surface area contributed by atoms with Crippen molar-refractivity contribution in [3.63, 3.8) is 0 Å². The van der Waals surface area contributed by atoms with E-state index in [2.05, 4.69) is 13.0 Å². The molecule has 0 aliphatic rings. The van der Waals surface area contributed by atoms with Crippen LogP contribution in [-0.2, 0) is 19.4 Å². The van der Waals surface area contributed by atoms with Crippen molar-refractivity contribution in [2.24, 2.45) is 0 Å². The average Bonchev–Trinajstić information content (AvgIpc) is 2.92. The van der Waals surface area contributed by atoms with Crippen LogP contribution in [0.2, 0.25) is 0 Å². The molecule has 0 unspecified atom stereocenters. The molecule has 4 rings (SSSR count). The standard InChI is InChI=1S/C31H29N3O2/c1-3-4-14-29-28(19-23-15-17-24(18-16-23)27-13-9-8-12-26(27)20-32)31(36)34(22(2)33-29)21-30(35)25-10-6-5-7-11-25/h5-13,15-18H,3-4,14,19,21H2,1-2H3. The first-order valence-electron chi connectivity index (χ1n) is 12.3. The van der Waals surface area contributed by atoms with Crippen LogP contribution < -0.4 is 5.56 Å². The lowest BCUT2D eigenvalue weighted by Gasteiger charge is -2.15. The van der Waals surface area contributed by atoms with E-state index in [1.54, 1.807) is 25.1 Å². The number of benzene rings is 3. The van der Waals surface area contributed by atoms with Crippen LogP contribution in [0.4, 0.5) is 0 Å². The lowest BCUT2D eigenvalue weighted by atomic mass is 9.96. The number of carbonyl (C=O) groups is 1. The molecule has 0 radical (unpaired) electrons. The van der Waals surface area contributed by atoms with Gasteiger partial charge in [-0.05, 0) is 42.5 Å². The van der Waals surface area contributed by atoms with Gasteiger partial charge >= 0.3 is 0 Å². The van der Waals surface area contributed by atoms with E-state index in [1.165, 1.54) is 4.57 Å². The molecule has 4 aromatic rings. The van der Waals surface area contributed by atoms with Crippen LogP contribution in [0.5, 0.6) is 0 Å². The minimum atomic E-state index is -0.156. The third kappa shape index (κ3) is 5.50. The van der Waals surface area contributed by atoms with E-state index in [1.807, 2.05) is 60.7 Å². The van der Waals surface area contributed by atoms with Gasteiger partial charge in [0, 0.05) is 17.5 Å². The maximum atomic E-state index is 13.7. The Labute approximate surface area is 211 Å². The number of Topliss-reactive ketones (excluding diaryl/α,β-unsaturated/α-hetero) is 1. The Morgan fingerprint density at radius 1 is 0.972 bits per heavy atom. The predicted octanol–water partition coefficient (Wildman–Crippen LogP) is 5.91. The van der Waals surface area contributed by atoms with Crippen molar-refractivity contribution in [3.8, 4) is 17.2 Å². The minimum Gasteiger partial charge on any atom is -0.292 e. The molecule has 0 N–H and O–H groups in total. The number of hydrogen-bond acceptors (Lipinski definition) is 4. The Hall–Kier alpha value is -4.30. The van der Waals surface area contributed by atoms with Crippen LogP contribution in [0.3, 0.4) is 0 Å². The molecule has 1 heterocycles. The molecular weight excluding hydrogens is 446 g/mol. The summed E-state index contributed by atoms with van der Waals surface area (Å²) in [7, 11) is 0. The fraction of sp³-hybridized carbons (Fsp3) is 0.226. The summed E-state index contributed by atoms with van der Waals surface area (Å²) in [6.45, 7) is 3.87. The number of ketones is 1. The molecule has 3 aromatic carbocycles. The summed E-state index contributed by atoms with van der Waals surface area (Å²) in [5.74, 6) is 0.443. The molecule has 0 aliphatic heterocycles. The third-order valence-electron chi connectivity index (χ3n) is 6.40. The first kappa shape index (κ1) is 24.8. The van der Waals surface area contributed by atoms with Crippen molar-refractivity contribution in [1.82, 2.24) is 9.55 Å². The highest BCUT2D eigenvalue weighted by molar-refractivity contribution is 5.95. The Kier molecular flexibility index (Phi) is 7.87. The number of hydrogen-bond donors (Lipinski definition) is 0. The van der Waals surface area contributed by atoms with Crippen molar-refractivity contribution in [2.75, 3.05) is 0 Å². The monoisotopic (exact) mass is 475 g/mol. The zero-order valence-corrected chi connectivity index (χ0v) is 20.7. The number of rotatable bonds is 9. The van der Waals surface area contributed by atoms with Gasteiger partial charge in [-0.15, -0.1) is 0 Å². The maximum absolute atomic E-state index is 13.7. The highest BCUT2D eigenvalue weighted by atomic mass is 16.1. The van der Waals surface area contributed by atoms with Crippen molar-refractivity contribution in [1.29, 1.82) is 5.26 Å². The second-order valence-corrected chi connectivity index (χ2v) is 8.90. The van der Waals surface area contributed by atoms with Gasteiger partial charge in [0.2, 0.25) is 0 Å². The summed E-state index contributed by atoms with van der Waals surface area (Å²) >= 11 is 0. The third-order valence-corrected chi connectivity index (χ3v) is 6.40. The maximum Gasteiger partial charge on any atom is 0.257 e. The van der Waals surface area contributed by atoms with Gasteiger partial charge in [-0.3, -0.25) is 14.2 Å². The van der Waals surface area contributed by atoms with Crippen molar-refractivity contribution < 1.29 is 4.79 Å². The van der Waals surface area contributed by atoms with E-state index in [-0.39, 0.29) is 17.9 Å². The van der Waals surface area contributed by atoms with E-state index in [0.717, 1.165) is 41.6 Å².